The molecule has 2 amide bonds. The highest BCUT2D eigenvalue weighted by atomic mass is 16.3. The molecule has 2 N–H and O–H groups in total. The van der Waals surface area contributed by atoms with Crippen molar-refractivity contribution in [2.45, 2.75) is 40.5 Å². The fourth-order valence-electron chi connectivity index (χ4n) is 2.16. The molecule has 1 aliphatic rings. The average Bonchev–Trinajstić information content (AvgIpc) is 2.50. The van der Waals surface area contributed by atoms with Gasteiger partial charge in [-0.05, 0) is 31.5 Å². The van der Waals surface area contributed by atoms with Crippen LogP contribution in [0.15, 0.2) is 18.2 Å². The number of aromatic hydroxyl groups is 1. The van der Waals surface area contributed by atoms with Crippen LogP contribution in [0.1, 0.15) is 61.3 Å². The molecule has 24 heavy (non-hydrogen) atoms. The number of imide groups is 1. The number of benzene rings is 1. The Balaban J connectivity index is 0.000000272. The van der Waals surface area contributed by atoms with Gasteiger partial charge in [0.25, 0.3) is 0 Å². The normalized spacial score (nSPS) is 17.0. The van der Waals surface area contributed by atoms with E-state index in [1.54, 1.807) is 13.8 Å². The molecule has 0 aromatic heterocycles. The van der Waals surface area contributed by atoms with Gasteiger partial charge in [-0.2, -0.15) is 0 Å². The molecule has 1 heterocycles. The van der Waals surface area contributed by atoms with Crippen molar-refractivity contribution in [2.75, 3.05) is 0 Å². The lowest BCUT2D eigenvalue weighted by Crippen LogP contribution is -2.39. The van der Waals surface area contributed by atoms with E-state index in [1.165, 1.54) is 25.1 Å². The van der Waals surface area contributed by atoms with E-state index < -0.39 is 0 Å². The Hall–Kier alpha value is -2.50. The van der Waals surface area contributed by atoms with Crippen molar-refractivity contribution in [1.82, 2.24) is 5.32 Å². The van der Waals surface area contributed by atoms with Crippen LogP contribution in [-0.4, -0.2) is 28.5 Å². The molecule has 1 aromatic rings. The average molecular weight is 333 g/mol. The SMILES string of the molecule is CC(=O)c1ccc(O)cc1C(=O)C(C)C.CC1CCC(=O)NC1=O. The Bertz CT molecular complexity index is 663. The summed E-state index contributed by atoms with van der Waals surface area (Å²) in [4.78, 5) is 44.2. The van der Waals surface area contributed by atoms with E-state index in [0.717, 1.165) is 0 Å². The predicted octanol–water partition coefficient (Wildman–Crippen LogP) is 2.49. The molecular formula is C18H23NO5. The molecule has 1 atom stereocenters. The highest BCUT2D eigenvalue weighted by Crippen LogP contribution is 2.20. The maximum atomic E-state index is 11.8. The molecule has 130 valence electrons. The maximum Gasteiger partial charge on any atom is 0.229 e. The van der Waals surface area contributed by atoms with Gasteiger partial charge in [0, 0.05) is 29.4 Å². The number of phenols is 1. The molecule has 0 saturated carbocycles. The van der Waals surface area contributed by atoms with Gasteiger partial charge < -0.3 is 5.11 Å². The smallest absolute Gasteiger partial charge is 0.229 e. The number of nitrogens with one attached hydrogen (secondary N) is 1. The summed E-state index contributed by atoms with van der Waals surface area (Å²) in [6, 6.07) is 4.24. The van der Waals surface area contributed by atoms with Gasteiger partial charge >= 0.3 is 0 Å². The van der Waals surface area contributed by atoms with Crippen LogP contribution in [0.2, 0.25) is 0 Å². The van der Waals surface area contributed by atoms with Gasteiger partial charge in [0.05, 0.1) is 0 Å². The van der Waals surface area contributed by atoms with E-state index >= 15 is 0 Å². The second kappa shape index (κ2) is 8.38. The van der Waals surface area contributed by atoms with Gasteiger partial charge in [-0.25, -0.2) is 0 Å². The number of rotatable bonds is 3. The first-order chi connectivity index (χ1) is 11.1. The number of carbonyl (C=O) groups excluding carboxylic acids is 4. The van der Waals surface area contributed by atoms with Crippen LogP contribution in [-0.2, 0) is 9.59 Å². The topological polar surface area (TPSA) is 101 Å². The summed E-state index contributed by atoms with van der Waals surface area (Å²) in [6.45, 7) is 6.75. The first-order valence-corrected chi connectivity index (χ1v) is 7.85. The van der Waals surface area contributed by atoms with E-state index in [9.17, 15) is 24.3 Å². The van der Waals surface area contributed by atoms with Crippen molar-refractivity contribution in [3.8, 4) is 5.75 Å². The van der Waals surface area contributed by atoms with Crippen LogP contribution < -0.4 is 5.32 Å². The molecule has 1 aliphatic heterocycles. The van der Waals surface area contributed by atoms with Crippen LogP contribution in [0.4, 0.5) is 0 Å². The third-order valence-corrected chi connectivity index (χ3v) is 3.69. The largest absolute Gasteiger partial charge is 0.508 e. The Kier molecular flexibility index (Phi) is 6.82. The molecular weight excluding hydrogens is 310 g/mol. The summed E-state index contributed by atoms with van der Waals surface area (Å²) >= 11 is 0. The number of Topliss-reactive ketones (excluding diaryl/α,β-unsaturated/α-hetero) is 2. The highest BCUT2D eigenvalue weighted by Gasteiger charge is 2.21. The number of hydrogen-bond acceptors (Lipinski definition) is 5. The van der Waals surface area contributed by atoms with Crippen LogP contribution in [0, 0.1) is 11.8 Å². The highest BCUT2D eigenvalue weighted by molar-refractivity contribution is 6.08. The zero-order valence-corrected chi connectivity index (χ0v) is 14.4. The second-order valence-corrected chi connectivity index (χ2v) is 6.16. The third kappa shape index (κ3) is 5.30. The molecule has 0 radical (unpaired) electrons. The van der Waals surface area contributed by atoms with E-state index in [1.807, 2.05) is 6.92 Å². The fraction of sp³-hybridized carbons (Fsp3) is 0.444. The van der Waals surface area contributed by atoms with Crippen LogP contribution in [0.25, 0.3) is 0 Å². The summed E-state index contributed by atoms with van der Waals surface area (Å²) in [6.07, 6.45) is 1.19. The Morgan fingerprint density at radius 3 is 2.29 bits per heavy atom. The van der Waals surface area contributed by atoms with Crippen molar-refractivity contribution < 1.29 is 24.3 Å². The maximum absolute atomic E-state index is 11.8. The predicted molar refractivity (Wildman–Crippen MR) is 88.8 cm³/mol. The lowest BCUT2D eigenvalue weighted by atomic mass is 9.94. The minimum absolute atomic E-state index is 0.00370. The van der Waals surface area contributed by atoms with Gasteiger partial charge in [-0.1, -0.05) is 20.8 Å². The molecule has 1 aromatic carbocycles. The number of hydrogen-bond donors (Lipinski definition) is 2. The second-order valence-electron chi connectivity index (χ2n) is 6.16. The van der Waals surface area contributed by atoms with Crippen LogP contribution >= 0.6 is 0 Å². The summed E-state index contributed by atoms with van der Waals surface area (Å²) in [5.41, 5.74) is 0.670. The van der Waals surface area contributed by atoms with Gasteiger partial charge in [-0.15, -0.1) is 0 Å². The first-order valence-electron chi connectivity index (χ1n) is 7.85. The molecule has 0 spiro atoms. The Morgan fingerprint density at radius 2 is 1.83 bits per heavy atom. The van der Waals surface area contributed by atoms with E-state index in [2.05, 4.69) is 5.32 Å². The molecule has 0 bridgehead atoms. The monoisotopic (exact) mass is 333 g/mol. The summed E-state index contributed by atoms with van der Waals surface area (Å²) in [5, 5.41) is 11.5. The number of phenolic OH excluding ortho intramolecular Hbond substituents is 1. The standard InChI is InChI=1S/C12H14O3.C6H9NO2/c1-7(2)12(15)11-6-9(14)4-5-10(11)8(3)13;1-4-2-3-5(8)7-6(4)9/h4-7,14H,1-3H3;4H,2-3H2,1H3,(H,7,8,9). The molecule has 0 aliphatic carbocycles. The van der Waals surface area contributed by atoms with Crippen molar-refractivity contribution in [3.05, 3.63) is 29.3 Å². The minimum atomic E-state index is -0.190. The van der Waals surface area contributed by atoms with Gasteiger partial charge in [-0.3, -0.25) is 24.5 Å². The van der Waals surface area contributed by atoms with E-state index in [-0.39, 0.29) is 41.0 Å². The van der Waals surface area contributed by atoms with Crippen molar-refractivity contribution in [1.29, 1.82) is 0 Å². The number of amides is 2. The van der Waals surface area contributed by atoms with Crippen molar-refractivity contribution in [2.24, 2.45) is 11.8 Å². The van der Waals surface area contributed by atoms with Gasteiger partial charge in [0.15, 0.2) is 11.6 Å². The number of ketones is 2. The molecule has 6 nitrogen and oxygen atoms in total. The lowest BCUT2D eigenvalue weighted by Gasteiger charge is -2.15. The molecule has 6 heteroatoms. The Labute approximate surface area is 141 Å². The van der Waals surface area contributed by atoms with Crippen LogP contribution in [0.5, 0.6) is 5.75 Å². The zero-order chi connectivity index (χ0) is 18.4. The van der Waals surface area contributed by atoms with Gasteiger partial charge in [0.1, 0.15) is 5.75 Å². The molecule has 2 rings (SSSR count). The molecule has 1 unspecified atom stereocenters. The van der Waals surface area contributed by atoms with Crippen molar-refractivity contribution >= 4 is 23.4 Å². The number of carbonyl (C=O) groups is 4. The molecule has 1 saturated heterocycles. The van der Waals surface area contributed by atoms with Crippen LogP contribution in [0.3, 0.4) is 0 Å². The fourth-order valence-corrected chi connectivity index (χ4v) is 2.16. The lowest BCUT2D eigenvalue weighted by molar-refractivity contribution is -0.135. The number of piperidine rings is 1. The first kappa shape index (κ1) is 19.5. The van der Waals surface area contributed by atoms with E-state index in [4.69, 9.17) is 0 Å². The summed E-state index contributed by atoms with van der Waals surface area (Å²) < 4.78 is 0. The Morgan fingerprint density at radius 1 is 1.21 bits per heavy atom. The third-order valence-electron chi connectivity index (χ3n) is 3.69. The minimum Gasteiger partial charge on any atom is -0.508 e. The summed E-state index contributed by atoms with van der Waals surface area (Å²) in [5.74, 6) is -0.740. The molecule has 1 fully saturated rings. The quantitative estimate of drug-likeness (QED) is 0.654. The zero-order valence-electron chi connectivity index (χ0n) is 14.4. The van der Waals surface area contributed by atoms with Gasteiger partial charge in [0.2, 0.25) is 11.8 Å². The van der Waals surface area contributed by atoms with Crippen molar-refractivity contribution in [3.63, 3.8) is 0 Å². The van der Waals surface area contributed by atoms with E-state index in [0.29, 0.717) is 24.0 Å². The summed E-state index contributed by atoms with van der Waals surface area (Å²) in [7, 11) is 0.